The number of benzene rings is 2. The van der Waals surface area contributed by atoms with Crippen LogP contribution in [0.5, 0.6) is 0 Å². The average Bonchev–Trinajstić information content (AvgIpc) is 2.61. The minimum atomic E-state index is -3.65. The van der Waals surface area contributed by atoms with Crippen LogP contribution >= 0.6 is 0 Å². The SMILES string of the molecule is CN(C)CCNS(=O)(=O)c1cccc(C(=O)N(C)c2ccccc2)c1. The van der Waals surface area contributed by atoms with Crippen molar-refractivity contribution in [3.63, 3.8) is 0 Å². The standard InChI is InChI=1S/C18H23N3O3S/c1-20(2)13-12-19-25(23,24)17-11-7-8-15(14-17)18(22)21(3)16-9-5-4-6-10-16/h4-11,14,19H,12-13H2,1-3H3. The molecule has 0 saturated heterocycles. The molecule has 0 atom stereocenters. The van der Waals surface area contributed by atoms with Crippen molar-refractivity contribution in [3.8, 4) is 0 Å². The molecule has 2 aromatic rings. The van der Waals surface area contributed by atoms with Crippen LogP contribution in [0.4, 0.5) is 5.69 Å². The molecule has 0 aromatic heterocycles. The van der Waals surface area contributed by atoms with Gasteiger partial charge in [-0.2, -0.15) is 0 Å². The summed E-state index contributed by atoms with van der Waals surface area (Å²) in [4.78, 5) is 16.1. The van der Waals surface area contributed by atoms with Crippen LogP contribution < -0.4 is 9.62 Å². The van der Waals surface area contributed by atoms with Gasteiger partial charge in [-0.3, -0.25) is 4.79 Å². The Labute approximate surface area is 149 Å². The van der Waals surface area contributed by atoms with Gasteiger partial charge in [-0.25, -0.2) is 13.1 Å². The Morgan fingerprint density at radius 1 is 1.00 bits per heavy atom. The Morgan fingerprint density at radius 2 is 1.68 bits per heavy atom. The molecule has 0 aliphatic heterocycles. The Bertz CT molecular complexity index is 820. The van der Waals surface area contributed by atoms with Crippen molar-refractivity contribution in [2.24, 2.45) is 0 Å². The first-order valence-electron chi connectivity index (χ1n) is 7.89. The first-order valence-corrected chi connectivity index (χ1v) is 9.37. The number of amides is 1. The van der Waals surface area contributed by atoms with Crippen LogP contribution in [0.25, 0.3) is 0 Å². The van der Waals surface area contributed by atoms with Gasteiger partial charge in [0.2, 0.25) is 10.0 Å². The van der Waals surface area contributed by atoms with E-state index in [1.165, 1.54) is 17.0 Å². The van der Waals surface area contributed by atoms with Crippen molar-refractivity contribution in [1.29, 1.82) is 0 Å². The van der Waals surface area contributed by atoms with Gasteiger partial charge in [0, 0.05) is 31.4 Å². The van der Waals surface area contributed by atoms with E-state index in [2.05, 4.69) is 4.72 Å². The minimum Gasteiger partial charge on any atom is -0.311 e. The monoisotopic (exact) mass is 361 g/mol. The quantitative estimate of drug-likeness (QED) is 0.816. The number of carbonyl (C=O) groups excluding carboxylic acids is 1. The van der Waals surface area contributed by atoms with Crippen LogP contribution in [0.15, 0.2) is 59.5 Å². The second kappa shape index (κ2) is 8.24. The number of hydrogen-bond donors (Lipinski definition) is 1. The number of likely N-dealkylation sites (N-methyl/N-ethyl adjacent to an activating group) is 1. The smallest absolute Gasteiger partial charge is 0.258 e. The van der Waals surface area contributed by atoms with E-state index in [4.69, 9.17) is 0 Å². The maximum Gasteiger partial charge on any atom is 0.258 e. The zero-order valence-corrected chi connectivity index (χ0v) is 15.5. The van der Waals surface area contributed by atoms with Crippen LogP contribution in [0, 0.1) is 0 Å². The van der Waals surface area contributed by atoms with Gasteiger partial charge < -0.3 is 9.80 Å². The highest BCUT2D eigenvalue weighted by Crippen LogP contribution is 2.17. The fourth-order valence-electron chi connectivity index (χ4n) is 2.25. The van der Waals surface area contributed by atoms with Gasteiger partial charge in [0.15, 0.2) is 0 Å². The molecule has 2 rings (SSSR count). The number of hydrogen-bond acceptors (Lipinski definition) is 4. The zero-order valence-electron chi connectivity index (χ0n) is 14.6. The topological polar surface area (TPSA) is 69.7 Å². The van der Waals surface area contributed by atoms with Gasteiger partial charge in [-0.15, -0.1) is 0 Å². The molecule has 0 spiro atoms. The number of anilines is 1. The van der Waals surface area contributed by atoms with E-state index in [-0.39, 0.29) is 10.8 Å². The normalized spacial score (nSPS) is 11.5. The molecule has 0 radical (unpaired) electrons. The minimum absolute atomic E-state index is 0.0820. The van der Waals surface area contributed by atoms with Crippen LogP contribution in [-0.2, 0) is 10.0 Å². The van der Waals surface area contributed by atoms with Gasteiger partial charge in [0.1, 0.15) is 0 Å². The molecular weight excluding hydrogens is 338 g/mol. The maximum atomic E-state index is 12.6. The van der Waals surface area contributed by atoms with Crippen molar-refractivity contribution < 1.29 is 13.2 Å². The summed E-state index contributed by atoms with van der Waals surface area (Å²) in [5.41, 5.74) is 1.06. The lowest BCUT2D eigenvalue weighted by atomic mass is 10.2. The number of nitrogens with zero attached hydrogens (tertiary/aromatic N) is 2. The van der Waals surface area contributed by atoms with E-state index in [1.54, 1.807) is 19.2 Å². The molecule has 1 N–H and O–H groups in total. The lowest BCUT2D eigenvalue weighted by Gasteiger charge is -2.18. The summed E-state index contributed by atoms with van der Waals surface area (Å²) in [5, 5.41) is 0. The highest BCUT2D eigenvalue weighted by molar-refractivity contribution is 7.89. The Morgan fingerprint density at radius 3 is 2.32 bits per heavy atom. The molecule has 0 unspecified atom stereocenters. The Balaban J connectivity index is 2.19. The molecule has 6 nitrogen and oxygen atoms in total. The first kappa shape index (κ1) is 19.1. The Kier molecular flexibility index (Phi) is 6.30. The highest BCUT2D eigenvalue weighted by Gasteiger charge is 2.18. The van der Waals surface area contributed by atoms with Crippen molar-refractivity contribution >= 4 is 21.6 Å². The van der Waals surface area contributed by atoms with E-state index in [0.29, 0.717) is 18.7 Å². The molecular formula is C18H23N3O3S. The number of carbonyl (C=O) groups is 1. The summed E-state index contributed by atoms with van der Waals surface area (Å²) in [5.74, 6) is -0.267. The number of rotatable bonds is 7. The summed E-state index contributed by atoms with van der Waals surface area (Å²) in [7, 11) is 1.75. The van der Waals surface area contributed by atoms with E-state index >= 15 is 0 Å². The van der Waals surface area contributed by atoms with Crippen molar-refractivity contribution in [1.82, 2.24) is 9.62 Å². The lowest BCUT2D eigenvalue weighted by Crippen LogP contribution is -2.31. The lowest BCUT2D eigenvalue weighted by molar-refractivity contribution is 0.0993. The van der Waals surface area contributed by atoms with Crippen molar-refractivity contribution in [2.75, 3.05) is 39.1 Å². The summed E-state index contributed by atoms with van der Waals surface area (Å²) in [6, 6.07) is 15.3. The third kappa shape index (κ3) is 5.12. The summed E-state index contributed by atoms with van der Waals surface area (Å²) >= 11 is 0. The van der Waals surface area contributed by atoms with E-state index < -0.39 is 10.0 Å². The third-order valence-corrected chi connectivity index (χ3v) is 5.15. The average molecular weight is 361 g/mol. The maximum absolute atomic E-state index is 12.6. The van der Waals surface area contributed by atoms with Crippen LogP contribution in [0.2, 0.25) is 0 Å². The van der Waals surface area contributed by atoms with Crippen molar-refractivity contribution in [2.45, 2.75) is 4.90 Å². The fraction of sp³-hybridized carbons (Fsp3) is 0.278. The van der Waals surface area contributed by atoms with Crippen LogP contribution in [-0.4, -0.2) is 53.5 Å². The predicted octanol–water partition coefficient (Wildman–Crippen LogP) is 1.80. The van der Waals surface area contributed by atoms with E-state index in [1.807, 2.05) is 49.3 Å². The fourth-order valence-corrected chi connectivity index (χ4v) is 3.31. The van der Waals surface area contributed by atoms with Gasteiger partial charge >= 0.3 is 0 Å². The van der Waals surface area contributed by atoms with Crippen LogP contribution in [0.3, 0.4) is 0 Å². The molecule has 1 amide bonds. The molecule has 0 heterocycles. The molecule has 0 bridgehead atoms. The summed E-state index contributed by atoms with van der Waals surface area (Å²) in [6.07, 6.45) is 0. The number of sulfonamides is 1. The van der Waals surface area contributed by atoms with Gasteiger partial charge in [0.25, 0.3) is 5.91 Å². The van der Waals surface area contributed by atoms with Crippen LogP contribution in [0.1, 0.15) is 10.4 Å². The van der Waals surface area contributed by atoms with Crippen molar-refractivity contribution in [3.05, 3.63) is 60.2 Å². The summed E-state index contributed by atoms with van der Waals surface area (Å²) in [6.45, 7) is 0.895. The zero-order chi connectivity index (χ0) is 18.4. The van der Waals surface area contributed by atoms with E-state index in [9.17, 15) is 13.2 Å². The molecule has 2 aromatic carbocycles. The third-order valence-electron chi connectivity index (χ3n) is 3.69. The molecule has 0 fully saturated rings. The second-order valence-electron chi connectivity index (χ2n) is 5.93. The largest absolute Gasteiger partial charge is 0.311 e. The molecule has 7 heteroatoms. The van der Waals surface area contributed by atoms with Gasteiger partial charge in [0.05, 0.1) is 4.90 Å². The number of para-hydroxylation sites is 1. The number of nitrogens with one attached hydrogen (secondary N) is 1. The van der Waals surface area contributed by atoms with Gasteiger partial charge in [-0.1, -0.05) is 24.3 Å². The molecule has 0 aliphatic rings. The molecule has 134 valence electrons. The molecule has 0 aliphatic carbocycles. The first-order chi connectivity index (χ1) is 11.8. The van der Waals surface area contributed by atoms with Gasteiger partial charge in [-0.05, 0) is 44.4 Å². The second-order valence-corrected chi connectivity index (χ2v) is 7.70. The molecule has 25 heavy (non-hydrogen) atoms. The molecule has 0 saturated carbocycles. The Hall–Kier alpha value is -2.22. The highest BCUT2D eigenvalue weighted by atomic mass is 32.2. The summed E-state index contributed by atoms with van der Waals surface area (Å²) < 4.78 is 27.3. The predicted molar refractivity (Wildman–Crippen MR) is 99.4 cm³/mol. The van der Waals surface area contributed by atoms with E-state index in [0.717, 1.165) is 5.69 Å².